The van der Waals surface area contributed by atoms with E-state index in [4.69, 9.17) is 41.4 Å². The van der Waals surface area contributed by atoms with Crippen molar-refractivity contribution in [1.82, 2.24) is 0 Å². The fourth-order valence-corrected chi connectivity index (χ4v) is 14.8. The Bertz CT molecular complexity index is 3180. The summed E-state index contributed by atoms with van der Waals surface area (Å²) in [5, 5.41) is 11.7. The lowest BCUT2D eigenvalue weighted by molar-refractivity contribution is -0.135. The zero-order valence-electron chi connectivity index (χ0n) is 48.5. The third-order valence-electron chi connectivity index (χ3n) is 15.4. The second-order valence-electron chi connectivity index (χ2n) is 24.1. The summed E-state index contributed by atoms with van der Waals surface area (Å²) in [6.45, 7) is 28.8. The summed E-state index contributed by atoms with van der Waals surface area (Å²) in [5.74, 6) is 2.27. The standard InChI is InChI=1S/C66H79N3O9Si/c1-13-65(14-2)56-41-47(46-17-15-45(44-67)16-18-46)19-28-52(56)59-54-42-57(69-33-37-72-38-34-69)58(70-12)43-55(54)61-53(60(59)65)29-30-66(75-61,48-20-24-50(25-21-48)68-31-35-71-36-32-68)49-22-26-51(27-23-49)73-39-40-74-79(76-62(3,4)5,77-63(6,7)8)78-64(9,10)11/h15-30,41-43H,13-14,31-40H2,1-12H3. The number of fused-ring (bicyclic) bond motifs is 8. The van der Waals surface area contributed by atoms with Crippen molar-refractivity contribution < 1.29 is 41.4 Å². The molecular weight excluding hydrogens is 1010 g/mol. The Morgan fingerprint density at radius 1 is 0.646 bits per heavy atom. The van der Waals surface area contributed by atoms with E-state index in [-0.39, 0.29) is 18.6 Å². The molecule has 6 aromatic rings. The van der Waals surface area contributed by atoms with Crippen LogP contribution in [0.15, 0.2) is 109 Å². The molecule has 4 aliphatic rings. The molecule has 12 nitrogen and oxygen atoms in total. The number of nitriles is 1. The molecule has 0 bridgehead atoms. The molecule has 0 spiro atoms. The van der Waals surface area contributed by atoms with E-state index in [9.17, 15) is 5.26 Å². The summed E-state index contributed by atoms with van der Waals surface area (Å²) in [5.41, 5.74) is 9.91. The number of hydrogen-bond acceptors (Lipinski definition) is 12. The van der Waals surface area contributed by atoms with E-state index < -0.39 is 31.5 Å². The Balaban J connectivity index is 1.09. The fraction of sp³-hybridized carbons (Fsp3) is 0.439. The van der Waals surface area contributed by atoms with Crippen LogP contribution in [0.4, 0.5) is 11.4 Å². The summed E-state index contributed by atoms with van der Waals surface area (Å²) < 4.78 is 58.6. The summed E-state index contributed by atoms with van der Waals surface area (Å²) in [4.78, 5) is 4.77. The minimum Gasteiger partial charge on any atom is -0.495 e. The van der Waals surface area contributed by atoms with Gasteiger partial charge in [-0.15, -0.1) is 0 Å². The molecule has 416 valence electrons. The van der Waals surface area contributed by atoms with Crippen LogP contribution in [0.5, 0.6) is 17.2 Å². The lowest BCUT2D eigenvalue weighted by Gasteiger charge is -2.41. The van der Waals surface area contributed by atoms with E-state index in [0.717, 1.165) is 100 Å². The predicted molar refractivity (Wildman–Crippen MR) is 317 cm³/mol. The maximum Gasteiger partial charge on any atom is 0.681 e. The number of hydrogen-bond donors (Lipinski definition) is 0. The van der Waals surface area contributed by atoms with Crippen LogP contribution in [-0.2, 0) is 38.2 Å². The van der Waals surface area contributed by atoms with Crippen LogP contribution >= 0.6 is 0 Å². The number of benzene rings is 6. The molecule has 0 N–H and O–H groups in total. The van der Waals surface area contributed by atoms with Crippen LogP contribution in [0.1, 0.15) is 122 Å². The van der Waals surface area contributed by atoms with Gasteiger partial charge in [-0.05, 0) is 175 Å². The maximum atomic E-state index is 9.63. The van der Waals surface area contributed by atoms with Crippen molar-refractivity contribution in [2.24, 2.45) is 0 Å². The minimum absolute atomic E-state index is 0.185. The van der Waals surface area contributed by atoms with Crippen molar-refractivity contribution >= 4 is 37.3 Å². The second-order valence-corrected chi connectivity index (χ2v) is 26.0. The van der Waals surface area contributed by atoms with E-state index in [0.29, 0.717) is 37.7 Å². The van der Waals surface area contributed by atoms with Gasteiger partial charge in [-0.1, -0.05) is 68.5 Å². The van der Waals surface area contributed by atoms with Gasteiger partial charge >= 0.3 is 9.05 Å². The van der Waals surface area contributed by atoms with E-state index in [1.54, 1.807) is 7.11 Å². The van der Waals surface area contributed by atoms with E-state index in [1.165, 1.54) is 22.3 Å². The van der Waals surface area contributed by atoms with Crippen LogP contribution in [0.25, 0.3) is 39.1 Å². The maximum absolute atomic E-state index is 9.63. The summed E-state index contributed by atoms with van der Waals surface area (Å²) >= 11 is 0. The van der Waals surface area contributed by atoms with E-state index in [2.05, 4.69) is 121 Å². The SMILES string of the molecule is CCC1(CC)c2cc(-c3ccc(C#N)cc3)ccc2-c2c1c1c(c3cc(OC)c(N4CCOCC4)cc23)OC(c2ccc(OCCO[Si](OC(C)(C)C)(OC(C)(C)C)OC(C)(C)C)cc2)(c2ccc(N3CCOCC3)cc2)C=C1. The van der Waals surface area contributed by atoms with Gasteiger partial charge in [-0.2, -0.15) is 5.26 Å². The van der Waals surface area contributed by atoms with Gasteiger partial charge in [0, 0.05) is 59.4 Å². The smallest absolute Gasteiger partial charge is 0.495 e. The van der Waals surface area contributed by atoms with E-state index >= 15 is 0 Å². The first-order chi connectivity index (χ1) is 37.7. The Morgan fingerprint density at radius 3 is 1.77 bits per heavy atom. The average Bonchev–Trinajstić information content (AvgIpc) is 2.36. The normalized spacial score (nSPS) is 18.2. The highest BCUT2D eigenvalue weighted by molar-refractivity contribution is 6.54. The molecule has 2 fully saturated rings. The number of rotatable bonds is 16. The molecule has 0 amide bonds. The molecular formula is C66H79N3O9Si. The van der Waals surface area contributed by atoms with Gasteiger partial charge in [0.2, 0.25) is 0 Å². The van der Waals surface area contributed by atoms with Gasteiger partial charge in [0.15, 0.2) is 5.60 Å². The highest BCUT2D eigenvalue weighted by atomic mass is 28.4. The lowest BCUT2D eigenvalue weighted by atomic mass is 9.70. The molecule has 0 radical (unpaired) electrons. The van der Waals surface area contributed by atoms with Crippen molar-refractivity contribution in [3.8, 4) is 45.6 Å². The molecule has 1 atom stereocenters. The van der Waals surface area contributed by atoms with Crippen LogP contribution in [-0.4, -0.2) is 98.8 Å². The first-order valence-electron chi connectivity index (χ1n) is 28.2. The van der Waals surface area contributed by atoms with Crippen LogP contribution < -0.4 is 24.0 Å². The van der Waals surface area contributed by atoms with Gasteiger partial charge in [-0.25, -0.2) is 0 Å². The third-order valence-corrected chi connectivity index (χ3v) is 18.6. The number of ether oxygens (including phenoxy) is 5. The molecule has 0 saturated carbocycles. The van der Waals surface area contributed by atoms with Crippen LogP contribution in [0.3, 0.4) is 0 Å². The fourth-order valence-electron chi connectivity index (χ4n) is 12.0. The highest BCUT2D eigenvalue weighted by Crippen LogP contribution is 2.62. The number of morpholine rings is 2. The second kappa shape index (κ2) is 22.0. The van der Waals surface area contributed by atoms with E-state index in [1.807, 2.05) is 86.6 Å². The highest BCUT2D eigenvalue weighted by Gasteiger charge is 2.54. The number of methoxy groups -OCH3 is 1. The number of nitrogens with zero attached hydrogens (tertiary/aromatic N) is 3. The molecule has 6 aromatic carbocycles. The molecule has 3 aliphatic heterocycles. The van der Waals surface area contributed by atoms with Gasteiger partial charge in [0.1, 0.15) is 23.9 Å². The van der Waals surface area contributed by atoms with Crippen molar-refractivity contribution in [1.29, 1.82) is 5.26 Å². The third kappa shape index (κ3) is 11.3. The largest absolute Gasteiger partial charge is 0.681 e. The van der Waals surface area contributed by atoms with Gasteiger partial charge in [0.05, 0.1) is 74.3 Å². The summed E-state index contributed by atoms with van der Waals surface area (Å²) in [6.07, 6.45) is 6.34. The zero-order valence-corrected chi connectivity index (χ0v) is 49.5. The average molecular weight is 1090 g/mol. The van der Waals surface area contributed by atoms with Gasteiger partial charge in [-0.3, -0.25) is 0 Å². The molecule has 0 aromatic heterocycles. The van der Waals surface area contributed by atoms with Crippen LogP contribution in [0, 0.1) is 11.3 Å². The molecule has 13 heteroatoms. The van der Waals surface area contributed by atoms with Crippen LogP contribution in [0.2, 0.25) is 0 Å². The molecule has 79 heavy (non-hydrogen) atoms. The topological polar surface area (TPSA) is 113 Å². The summed E-state index contributed by atoms with van der Waals surface area (Å²) in [7, 11) is -1.94. The Morgan fingerprint density at radius 2 is 1.22 bits per heavy atom. The molecule has 2 saturated heterocycles. The Kier molecular flexibility index (Phi) is 15.6. The molecule has 1 aliphatic carbocycles. The molecule has 1 unspecified atom stereocenters. The van der Waals surface area contributed by atoms with Crippen molar-refractivity contribution in [2.75, 3.05) is 82.7 Å². The van der Waals surface area contributed by atoms with Gasteiger partial charge < -0.3 is 51.2 Å². The first-order valence-corrected chi connectivity index (χ1v) is 29.8. The predicted octanol–water partition coefficient (Wildman–Crippen LogP) is 13.8. The van der Waals surface area contributed by atoms with Crippen molar-refractivity contribution in [3.05, 3.63) is 143 Å². The van der Waals surface area contributed by atoms with Crippen molar-refractivity contribution in [3.63, 3.8) is 0 Å². The quantitative estimate of drug-likeness (QED) is 0.0679. The monoisotopic (exact) mass is 1090 g/mol. The molecule has 3 heterocycles. The Hall–Kier alpha value is -6.21. The minimum atomic E-state index is -3.70. The number of anilines is 2. The lowest BCUT2D eigenvalue weighted by Crippen LogP contribution is -2.59. The molecule has 10 rings (SSSR count). The zero-order chi connectivity index (χ0) is 56.0. The Labute approximate surface area is 469 Å². The first kappa shape index (κ1) is 56.1. The summed E-state index contributed by atoms with van der Waals surface area (Å²) in [6, 6.07) is 38.8. The van der Waals surface area contributed by atoms with Gasteiger partial charge in [0.25, 0.3) is 0 Å². The van der Waals surface area contributed by atoms with Crippen molar-refractivity contribution in [2.45, 2.75) is 117 Å².